The van der Waals surface area contributed by atoms with Crippen LogP contribution in [-0.4, -0.2) is 37.0 Å². The van der Waals surface area contributed by atoms with Gasteiger partial charge in [-0.15, -0.1) is 0 Å². The molecule has 5 N–H and O–H groups in total. The van der Waals surface area contributed by atoms with Crippen LogP contribution in [0.3, 0.4) is 0 Å². The molecule has 1 aromatic rings. The highest BCUT2D eigenvalue weighted by Crippen LogP contribution is 2.11. The highest BCUT2D eigenvalue weighted by atomic mass is 17.1. The van der Waals surface area contributed by atoms with Crippen molar-refractivity contribution in [2.45, 2.75) is 38.1 Å². The van der Waals surface area contributed by atoms with E-state index in [2.05, 4.69) is 32.7 Å². The van der Waals surface area contributed by atoms with Gasteiger partial charge in [0.2, 0.25) is 0 Å². The monoisotopic (exact) mass is 318 g/mol. The van der Waals surface area contributed by atoms with Crippen molar-refractivity contribution in [3.63, 3.8) is 0 Å². The molecule has 2 rings (SSSR count). The lowest BCUT2D eigenvalue weighted by Gasteiger charge is -2.13. The topological polar surface area (TPSA) is 91.9 Å². The smallest absolute Gasteiger partial charge is 0.145 e. The number of nitrogens with two attached hydrogens (primary N) is 1. The Hall–Kier alpha value is -1.73. The Bertz CT molecular complexity index is 490. The second-order valence-electron chi connectivity index (χ2n) is 5.57. The standard InChI is InChI=1S/C17H26N4O2/c18-16(23-22)13-14-6-8-15(9-7-14)19-10-3-4-12-21-17-5-1-2-11-20-17/h1,5-9,11,16-17,19,21-22H,2-4,10,12-13,18H2. The number of anilines is 1. The van der Waals surface area contributed by atoms with Crippen molar-refractivity contribution in [2.75, 3.05) is 18.4 Å². The molecule has 0 amide bonds. The van der Waals surface area contributed by atoms with Gasteiger partial charge >= 0.3 is 0 Å². The zero-order valence-electron chi connectivity index (χ0n) is 13.3. The number of hydrogen-bond acceptors (Lipinski definition) is 6. The first-order valence-corrected chi connectivity index (χ1v) is 8.08. The van der Waals surface area contributed by atoms with Crippen LogP contribution in [0.4, 0.5) is 5.69 Å². The molecule has 2 atom stereocenters. The van der Waals surface area contributed by atoms with E-state index in [1.165, 1.54) is 0 Å². The van der Waals surface area contributed by atoms with Gasteiger partial charge < -0.3 is 11.1 Å². The maximum absolute atomic E-state index is 8.47. The minimum Gasteiger partial charge on any atom is -0.385 e. The van der Waals surface area contributed by atoms with Crippen molar-refractivity contribution in [3.05, 3.63) is 42.0 Å². The average Bonchev–Trinajstić information content (AvgIpc) is 2.60. The molecule has 0 fully saturated rings. The summed E-state index contributed by atoms with van der Waals surface area (Å²) >= 11 is 0. The van der Waals surface area contributed by atoms with E-state index in [9.17, 15) is 0 Å². The number of nitrogens with one attached hydrogen (secondary N) is 2. The van der Waals surface area contributed by atoms with Crippen LogP contribution >= 0.6 is 0 Å². The predicted octanol–water partition coefficient (Wildman–Crippen LogP) is 2.14. The van der Waals surface area contributed by atoms with E-state index in [0.29, 0.717) is 6.42 Å². The van der Waals surface area contributed by atoms with Crippen molar-refractivity contribution in [1.82, 2.24) is 5.32 Å². The van der Waals surface area contributed by atoms with Crippen LogP contribution in [0.2, 0.25) is 0 Å². The molecular weight excluding hydrogens is 292 g/mol. The summed E-state index contributed by atoms with van der Waals surface area (Å²) in [7, 11) is 0. The van der Waals surface area contributed by atoms with Gasteiger partial charge in [0.1, 0.15) is 12.4 Å². The van der Waals surface area contributed by atoms with E-state index < -0.39 is 6.23 Å². The average molecular weight is 318 g/mol. The minimum absolute atomic E-state index is 0.151. The molecule has 0 spiro atoms. The van der Waals surface area contributed by atoms with Crippen molar-refractivity contribution in [1.29, 1.82) is 0 Å². The molecule has 6 nitrogen and oxygen atoms in total. The second kappa shape index (κ2) is 10.1. The van der Waals surface area contributed by atoms with Crippen molar-refractivity contribution in [3.8, 4) is 0 Å². The number of unbranched alkanes of at least 4 members (excludes halogenated alkanes) is 1. The van der Waals surface area contributed by atoms with E-state index in [-0.39, 0.29) is 6.17 Å². The number of nitrogens with zero attached hydrogens (tertiary/aromatic N) is 1. The Morgan fingerprint density at radius 1 is 1.26 bits per heavy atom. The zero-order chi connectivity index (χ0) is 16.3. The fraction of sp³-hybridized carbons (Fsp3) is 0.471. The van der Waals surface area contributed by atoms with Gasteiger partial charge in [0.15, 0.2) is 0 Å². The first-order chi connectivity index (χ1) is 11.3. The number of benzene rings is 1. The Kier molecular flexibility index (Phi) is 7.75. The molecular formula is C17H26N4O2. The first kappa shape index (κ1) is 17.6. The summed E-state index contributed by atoms with van der Waals surface area (Å²) < 4.78 is 0. The third-order valence-electron chi connectivity index (χ3n) is 3.64. The second-order valence-corrected chi connectivity index (χ2v) is 5.57. The van der Waals surface area contributed by atoms with Gasteiger partial charge in [0, 0.05) is 31.3 Å². The van der Waals surface area contributed by atoms with Gasteiger partial charge in [-0.05, 0) is 43.2 Å². The highest BCUT2D eigenvalue weighted by molar-refractivity contribution is 5.61. The van der Waals surface area contributed by atoms with Gasteiger partial charge in [-0.1, -0.05) is 18.2 Å². The van der Waals surface area contributed by atoms with Crippen LogP contribution in [-0.2, 0) is 11.3 Å². The molecule has 6 heteroatoms. The van der Waals surface area contributed by atoms with Crippen molar-refractivity contribution < 1.29 is 10.1 Å². The number of aliphatic imine (C=N–C) groups is 1. The fourth-order valence-electron chi connectivity index (χ4n) is 2.37. The number of rotatable bonds is 10. The Balaban J connectivity index is 1.56. The van der Waals surface area contributed by atoms with Crippen LogP contribution in [0.15, 0.2) is 41.4 Å². The maximum atomic E-state index is 8.47. The molecule has 1 aliphatic rings. The van der Waals surface area contributed by atoms with Crippen molar-refractivity contribution >= 4 is 11.9 Å². The number of dihydropyridines is 1. The van der Waals surface area contributed by atoms with Crippen LogP contribution in [0.25, 0.3) is 0 Å². The maximum Gasteiger partial charge on any atom is 0.145 e. The molecule has 0 radical (unpaired) electrons. The molecule has 0 aliphatic carbocycles. The normalized spacial score (nSPS) is 18.1. The van der Waals surface area contributed by atoms with Gasteiger partial charge in [-0.2, -0.15) is 0 Å². The lowest BCUT2D eigenvalue weighted by Crippen LogP contribution is -2.27. The van der Waals surface area contributed by atoms with Crippen molar-refractivity contribution in [2.24, 2.45) is 10.7 Å². The summed E-state index contributed by atoms with van der Waals surface area (Å²) in [5.74, 6) is 0. The third-order valence-corrected chi connectivity index (χ3v) is 3.64. The fourth-order valence-corrected chi connectivity index (χ4v) is 2.37. The highest BCUT2D eigenvalue weighted by Gasteiger charge is 2.04. The Morgan fingerprint density at radius 2 is 2.04 bits per heavy atom. The molecule has 0 saturated carbocycles. The van der Waals surface area contributed by atoms with Crippen LogP contribution in [0, 0.1) is 0 Å². The molecule has 0 saturated heterocycles. The van der Waals surface area contributed by atoms with Gasteiger partial charge in [0.25, 0.3) is 0 Å². The quantitative estimate of drug-likeness (QED) is 0.174. The molecule has 1 aliphatic heterocycles. The predicted molar refractivity (Wildman–Crippen MR) is 93.6 cm³/mol. The summed E-state index contributed by atoms with van der Waals surface area (Å²) in [5, 5.41) is 15.3. The number of allylic oxidation sites excluding steroid dienone is 1. The molecule has 2 unspecified atom stereocenters. The minimum atomic E-state index is -0.676. The van der Waals surface area contributed by atoms with E-state index in [4.69, 9.17) is 11.0 Å². The molecule has 0 bridgehead atoms. The Morgan fingerprint density at radius 3 is 2.74 bits per heavy atom. The summed E-state index contributed by atoms with van der Waals surface area (Å²) in [5.41, 5.74) is 7.63. The van der Waals surface area contributed by atoms with Gasteiger partial charge in [-0.25, -0.2) is 4.89 Å². The SMILES string of the molecule is NC(Cc1ccc(NCCCCNC2C=CCC=N2)cc1)OO. The van der Waals surface area contributed by atoms with E-state index in [0.717, 1.165) is 43.6 Å². The summed E-state index contributed by atoms with van der Waals surface area (Å²) in [6, 6.07) is 7.99. The molecule has 126 valence electrons. The van der Waals surface area contributed by atoms with Gasteiger partial charge in [0.05, 0.1) is 0 Å². The molecule has 23 heavy (non-hydrogen) atoms. The first-order valence-electron chi connectivity index (χ1n) is 8.08. The summed E-state index contributed by atoms with van der Waals surface area (Å²) in [4.78, 5) is 8.43. The van der Waals surface area contributed by atoms with Crippen LogP contribution < -0.4 is 16.4 Å². The summed E-state index contributed by atoms with van der Waals surface area (Å²) in [6.45, 7) is 1.90. The van der Waals surface area contributed by atoms with E-state index >= 15 is 0 Å². The lowest BCUT2D eigenvalue weighted by atomic mass is 10.1. The van der Waals surface area contributed by atoms with E-state index in [1.807, 2.05) is 30.5 Å². The molecule has 0 aromatic heterocycles. The van der Waals surface area contributed by atoms with Crippen LogP contribution in [0.5, 0.6) is 0 Å². The third kappa shape index (κ3) is 6.92. The van der Waals surface area contributed by atoms with E-state index in [1.54, 1.807) is 0 Å². The zero-order valence-corrected chi connectivity index (χ0v) is 13.3. The molecule has 1 aromatic carbocycles. The molecule has 1 heterocycles. The number of hydrogen-bond donors (Lipinski definition) is 4. The summed E-state index contributed by atoms with van der Waals surface area (Å²) in [6.07, 6.45) is 9.29. The Labute approximate surface area is 137 Å². The van der Waals surface area contributed by atoms with Crippen LogP contribution in [0.1, 0.15) is 24.8 Å². The largest absolute Gasteiger partial charge is 0.385 e. The lowest BCUT2D eigenvalue weighted by molar-refractivity contribution is -0.276. The van der Waals surface area contributed by atoms with Gasteiger partial charge in [-0.3, -0.25) is 15.6 Å².